The summed E-state index contributed by atoms with van der Waals surface area (Å²) in [7, 11) is 0. The maximum absolute atomic E-state index is 6.05. The first-order valence-corrected chi connectivity index (χ1v) is 6.26. The van der Waals surface area contributed by atoms with Gasteiger partial charge in [0.25, 0.3) is 0 Å². The van der Waals surface area contributed by atoms with Crippen molar-refractivity contribution in [3.63, 3.8) is 0 Å². The fraction of sp³-hybridized carbons (Fsp3) is 0.300. The van der Waals surface area contributed by atoms with Crippen LogP contribution in [0.5, 0.6) is 0 Å². The van der Waals surface area contributed by atoms with Crippen LogP contribution in [-0.4, -0.2) is 9.38 Å². The van der Waals surface area contributed by atoms with Crippen LogP contribution < -0.4 is 5.73 Å². The molecule has 0 saturated carbocycles. The van der Waals surface area contributed by atoms with Gasteiger partial charge in [-0.05, 0) is 51.3 Å². The van der Waals surface area contributed by atoms with Crippen LogP contribution in [0.15, 0.2) is 15.0 Å². The van der Waals surface area contributed by atoms with E-state index in [9.17, 15) is 0 Å². The molecule has 0 aliphatic heterocycles. The molecule has 0 spiro atoms. The first-order valence-electron chi connectivity index (χ1n) is 4.67. The molecule has 80 valence electrons. The number of hydrogen-bond donors (Lipinski definition) is 1. The van der Waals surface area contributed by atoms with E-state index in [4.69, 9.17) is 5.73 Å². The average molecular weight is 333 g/mol. The van der Waals surface area contributed by atoms with Crippen molar-refractivity contribution in [2.45, 2.75) is 20.3 Å². The van der Waals surface area contributed by atoms with E-state index in [0.29, 0.717) is 0 Å². The molecule has 0 atom stereocenters. The molecule has 0 bridgehead atoms. The highest BCUT2D eigenvalue weighted by Crippen LogP contribution is 2.29. The third-order valence-electron chi connectivity index (χ3n) is 2.47. The molecule has 2 aromatic rings. The summed E-state index contributed by atoms with van der Waals surface area (Å²) in [5, 5.41) is 0. The number of nitrogen functional groups attached to an aromatic ring is 1. The molecule has 15 heavy (non-hydrogen) atoms. The van der Waals surface area contributed by atoms with Gasteiger partial charge in [-0.3, -0.25) is 4.40 Å². The van der Waals surface area contributed by atoms with Gasteiger partial charge in [-0.25, -0.2) is 4.98 Å². The van der Waals surface area contributed by atoms with Crippen LogP contribution in [-0.2, 0) is 6.42 Å². The molecule has 0 saturated heterocycles. The van der Waals surface area contributed by atoms with Gasteiger partial charge < -0.3 is 5.73 Å². The lowest BCUT2D eigenvalue weighted by molar-refractivity contribution is 1.06. The van der Waals surface area contributed by atoms with Gasteiger partial charge >= 0.3 is 0 Å². The summed E-state index contributed by atoms with van der Waals surface area (Å²) in [6, 6.07) is 2.00. The van der Waals surface area contributed by atoms with E-state index in [1.807, 2.05) is 17.4 Å². The third kappa shape index (κ3) is 1.58. The number of pyridine rings is 1. The van der Waals surface area contributed by atoms with Gasteiger partial charge in [-0.2, -0.15) is 0 Å². The fourth-order valence-corrected chi connectivity index (χ4v) is 2.83. The number of nitrogens with zero attached hydrogens (tertiary/aromatic N) is 2. The Morgan fingerprint density at radius 3 is 2.67 bits per heavy atom. The molecule has 2 heterocycles. The number of rotatable bonds is 1. The number of aryl methyl sites for hydroxylation is 2. The zero-order valence-electron chi connectivity index (χ0n) is 8.51. The molecule has 2 rings (SSSR count). The highest BCUT2D eigenvalue weighted by Gasteiger charge is 2.13. The van der Waals surface area contributed by atoms with Crippen molar-refractivity contribution in [3.05, 3.63) is 26.4 Å². The van der Waals surface area contributed by atoms with Crippen LogP contribution >= 0.6 is 31.9 Å². The quantitative estimate of drug-likeness (QED) is 0.870. The lowest BCUT2D eigenvalue weighted by Crippen LogP contribution is -1.99. The molecule has 0 fully saturated rings. The molecule has 0 unspecified atom stereocenters. The summed E-state index contributed by atoms with van der Waals surface area (Å²) < 4.78 is 3.94. The van der Waals surface area contributed by atoms with E-state index in [2.05, 4.69) is 43.8 Å². The second-order valence-corrected chi connectivity index (χ2v) is 5.09. The van der Waals surface area contributed by atoms with Crippen molar-refractivity contribution in [2.75, 3.05) is 5.73 Å². The van der Waals surface area contributed by atoms with Crippen LogP contribution in [0.25, 0.3) is 5.65 Å². The molecule has 0 amide bonds. The van der Waals surface area contributed by atoms with Crippen molar-refractivity contribution < 1.29 is 0 Å². The normalized spacial score (nSPS) is 11.2. The Morgan fingerprint density at radius 1 is 1.40 bits per heavy atom. The minimum Gasteiger partial charge on any atom is -0.383 e. The second-order valence-electron chi connectivity index (χ2n) is 3.38. The van der Waals surface area contributed by atoms with Gasteiger partial charge in [0.1, 0.15) is 5.82 Å². The topological polar surface area (TPSA) is 43.3 Å². The summed E-state index contributed by atoms with van der Waals surface area (Å²) in [6.45, 7) is 4.07. The number of halogens is 2. The number of fused-ring (bicyclic) bond motifs is 1. The second kappa shape index (κ2) is 3.79. The predicted molar refractivity (Wildman–Crippen MR) is 69.1 cm³/mol. The fourth-order valence-electron chi connectivity index (χ4n) is 1.63. The van der Waals surface area contributed by atoms with Gasteiger partial charge in [0.15, 0.2) is 5.65 Å². The molecule has 0 radical (unpaired) electrons. The maximum atomic E-state index is 6.05. The molecule has 0 aliphatic rings. The van der Waals surface area contributed by atoms with Crippen LogP contribution in [0.3, 0.4) is 0 Å². The minimum absolute atomic E-state index is 0.729. The monoisotopic (exact) mass is 331 g/mol. The maximum Gasteiger partial charge on any atom is 0.153 e. The number of hydrogen-bond acceptors (Lipinski definition) is 2. The minimum atomic E-state index is 0.729. The largest absolute Gasteiger partial charge is 0.383 e. The smallest absolute Gasteiger partial charge is 0.153 e. The summed E-state index contributed by atoms with van der Waals surface area (Å²) in [4.78, 5) is 4.50. The highest BCUT2D eigenvalue weighted by molar-refractivity contribution is 9.11. The lowest BCUT2D eigenvalue weighted by Gasteiger charge is -2.06. The van der Waals surface area contributed by atoms with Crippen LogP contribution in [0.4, 0.5) is 5.82 Å². The summed E-state index contributed by atoms with van der Waals surface area (Å²) >= 11 is 6.99. The van der Waals surface area contributed by atoms with Gasteiger partial charge in [0, 0.05) is 10.2 Å². The van der Waals surface area contributed by atoms with E-state index in [1.54, 1.807) is 0 Å². The van der Waals surface area contributed by atoms with Gasteiger partial charge in [-0.1, -0.05) is 6.92 Å². The van der Waals surface area contributed by atoms with Gasteiger partial charge in [0.2, 0.25) is 0 Å². The molecular formula is C10H11Br2N3. The molecule has 3 nitrogen and oxygen atoms in total. The molecule has 5 heteroatoms. The zero-order valence-corrected chi connectivity index (χ0v) is 11.7. The SMILES string of the molecule is CCc1nc2c(Br)cc(Br)c(C)n2c1N. The Labute approximate surface area is 105 Å². The van der Waals surface area contributed by atoms with Crippen molar-refractivity contribution in [3.8, 4) is 0 Å². The summed E-state index contributed by atoms with van der Waals surface area (Å²) in [5.41, 5.74) is 8.94. The number of anilines is 1. The highest BCUT2D eigenvalue weighted by atomic mass is 79.9. The van der Waals surface area contributed by atoms with Crippen LogP contribution in [0.2, 0.25) is 0 Å². The lowest BCUT2D eigenvalue weighted by atomic mass is 10.3. The standard InChI is InChI=1S/C10H11Br2N3/c1-3-8-9(13)15-5(2)6(11)4-7(12)10(15)14-8/h4H,3,13H2,1-2H3. The van der Waals surface area contributed by atoms with Crippen LogP contribution in [0, 0.1) is 6.92 Å². The van der Waals surface area contributed by atoms with Crippen molar-refractivity contribution in [1.29, 1.82) is 0 Å². The third-order valence-corrected chi connectivity index (χ3v) is 3.86. The first-order chi connectivity index (χ1) is 7.06. The van der Waals surface area contributed by atoms with Crippen molar-refractivity contribution >= 4 is 43.3 Å². The van der Waals surface area contributed by atoms with E-state index >= 15 is 0 Å². The Balaban J connectivity index is 2.94. The van der Waals surface area contributed by atoms with Gasteiger partial charge in [-0.15, -0.1) is 0 Å². The molecular weight excluding hydrogens is 322 g/mol. The Hall–Kier alpha value is -0.550. The zero-order chi connectivity index (χ0) is 11.2. The number of nitrogens with two attached hydrogens (primary N) is 1. The predicted octanol–water partition coefficient (Wildman–Crippen LogP) is 3.31. The molecule has 2 aromatic heterocycles. The molecule has 2 N–H and O–H groups in total. The molecule has 0 aromatic carbocycles. The number of imidazole rings is 1. The van der Waals surface area contributed by atoms with Crippen molar-refractivity contribution in [2.24, 2.45) is 0 Å². The first kappa shape index (κ1) is 11.0. The Bertz CT molecular complexity index is 531. The van der Waals surface area contributed by atoms with Crippen molar-refractivity contribution in [1.82, 2.24) is 9.38 Å². The van der Waals surface area contributed by atoms with E-state index < -0.39 is 0 Å². The Morgan fingerprint density at radius 2 is 2.07 bits per heavy atom. The average Bonchev–Trinajstić information content (AvgIpc) is 2.53. The van der Waals surface area contributed by atoms with E-state index in [-0.39, 0.29) is 0 Å². The number of aromatic nitrogens is 2. The Kier molecular flexibility index (Phi) is 2.77. The molecule has 0 aliphatic carbocycles. The van der Waals surface area contributed by atoms with E-state index in [0.717, 1.165) is 38.2 Å². The van der Waals surface area contributed by atoms with Gasteiger partial charge in [0.05, 0.1) is 10.2 Å². The van der Waals surface area contributed by atoms with E-state index in [1.165, 1.54) is 0 Å². The van der Waals surface area contributed by atoms with Crippen LogP contribution in [0.1, 0.15) is 18.3 Å². The summed E-state index contributed by atoms with van der Waals surface area (Å²) in [5.74, 6) is 0.729. The summed E-state index contributed by atoms with van der Waals surface area (Å²) in [6.07, 6.45) is 0.844.